The molecular formula is C20H25N5O2. The number of ether oxygens (including phenoxy) is 1. The van der Waals surface area contributed by atoms with Crippen LogP contribution in [0.3, 0.4) is 0 Å². The van der Waals surface area contributed by atoms with Crippen LogP contribution in [0.5, 0.6) is 0 Å². The summed E-state index contributed by atoms with van der Waals surface area (Å²) < 4.78 is 5.28. The Bertz CT molecular complexity index is 751. The van der Waals surface area contributed by atoms with Crippen LogP contribution < -0.4 is 10.2 Å². The van der Waals surface area contributed by atoms with Gasteiger partial charge in [0.2, 0.25) is 0 Å². The van der Waals surface area contributed by atoms with Crippen LogP contribution in [0.15, 0.2) is 36.7 Å². The molecule has 7 heteroatoms. The zero-order chi connectivity index (χ0) is 18.5. The monoisotopic (exact) mass is 367 g/mol. The fraction of sp³-hybridized carbons (Fsp3) is 0.450. The van der Waals surface area contributed by atoms with E-state index in [1.165, 1.54) is 31.1 Å². The largest absolute Gasteiger partial charge is 0.378 e. The lowest BCUT2D eigenvalue weighted by Gasteiger charge is -2.28. The summed E-state index contributed by atoms with van der Waals surface area (Å²) in [7, 11) is 0. The normalized spacial score (nSPS) is 17.6. The van der Waals surface area contributed by atoms with E-state index in [9.17, 15) is 4.79 Å². The van der Waals surface area contributed by atoms with E-state index in [-0.39, 0.29) is 5.91 Å². The van der Waals surface area contributed by atoms with Gasteiger partial charge in [0.05, 0.1) is 25.6 Å². The van der Waals surface area contributed by atoms with Crippen LogP contribution in [0.2, 0.25) is 0 Å². The minimum atomic E-state index is -0.0942. The number of nitrogens with one attached hydrogen (secondary N) is 1. The highest BCUT2D eigenvalue weighted by Gasteiger charge is 2.19. The maximum atomic E-state index is 12.4. The second-order valence-corrected chi connectivity index (χ2v) is 6.91. The molecule has 2 aliphatic rings. The first-order valence-corrected chi connectivity index (χ1v) is 9.61. The van der Waals surface area contributed by atoms with Crippen molar-refractivity contribution in [3.63, 3.8) is 0 Å². The van der Waals surface area contributed by atoms with Crippen molar-refractivity contribution in [1.82, 2.24) is 14.9 Å². The van der Waals surface area contributed by atoms with Crippen molar-refractivity contribution in [2.24, 2.45) is 0 Å². The van der Waals surface area contributed by atoms with Crippen molar-refractivity contribution in [2.75, 3.05) is 49.6 Å². The van der Waals surface area contributed by atoms with Crippen molar-refractivity contribution in [3.05, 3.63) is 42.4 Å². The minimum Gasteiger partial charge on any atom is -0.378 e. The van der Waals surface area contributed by atoms with Gasteiger partial charge in [0.25, 0.3) is 5.91 Å². The summed E-state index contributed by atoms with van der Waals surface area (Å²) in [4.78, 5) is 25.2. The van der Waals surface area contributed by atoms with Crippen LogP contribution in [-0.4, -0.2) is 60.2 Å². The molecular weight excluding hydrogens is 342 g/mol. The van der Waals surface area contributed by atoms with Gasteiger partial charge in [-0.3, -0.25) is 4.79 Å². The van der Waals surface area contributed by atoms with E-state index in [0.29, 0.717) is 37.8 Å². The summed E-state index contributed by atoms with van der Waals surface area (Å²) in [6, 6.07) is 8.38. The summed E-state index contributed by atoms with van der Waals surface area (Å²) in [5, 5.41) is 3.24. The molecule has 7 nitrogen and oxygen atoms in total. The van der Waals surface area contributed by atoms with Gasteiger partial charge in [-0.1, -0.05) is 0 Å². The molecule has 0 saturated carbocycles. The Morgan fingerprint density at radius 2 is 1.67 bits per heavy atom. The van der Waals surface area contributed by atoms with Gasteiger partial charge in [0.1, 0.15) is 11.5 Å². The number of carbonyl (C=O) groups is 1. The number of amides is 1. The highest BCUT2D eigenvalue weighted by atomic mass is 16.5. The minimum absolute atomic E-state index is 0.0942. The smallest absolute Gasteiger partial charge is 0.274 e. The van der Waals surface area contributed by atoms with Crippen molar-refractivity contribution < 1.29 is 9.53 Å². The summed E-state index contributed by atoms with van der Waals surface area (Å²) in [6.07, 6.45) is 7.00. The van der Waals surface area contributed by atoms with E-state index >= 15 is 0 Å². The molecule has 0 spiro atoms. The Labute approximate surface area is 159 Å². The van der Waals surface area contributed by atoms with E-state index in [1.807, 2.05) is 0 Å². The highest BCUT2D eigenvalue weighted by Crippen LogP contribution is 2.23. The fourth-order valence-corrected chi connectivity index (χ4v) is 3.49. The summed E-state index contributed by atoms with van der Waals surface area (Å²) in [5.74, 6) is 0.530. The molecule has 0 unspecified atom stereocenters. The molecule has 1 aromatic carbocycles. The molecule has 0 bridgehead atoms. The number of carbonyl (C=O) groups excluding carboxylic acids is 1. The van der Waals surface area contributed by atoms with E-state index < -0.39 is 0 Å². The topological polar surface area (TPSA) is 70.6 Å². The first-order chi connectivity index (χ1) is 13.3. The number of nitrogens with zero attached hydrogens (tertiary/aromatic N) is 4. The second-order valence-electron chi connectivity index (χ2n) is 6.91. The lowest BCUT2D eigenvalue weighted by atomic mass is 10.1. The molecule has 2 aliphatic heterocycles. The summed E-state index contributed by atoms with van der Waals surface area (Å²) in [5.41, 5.74) is 2.58. The standard InChI is InChI=1S/C20H25N5O2/c26-20(25-10-12-27-13-11-25)18-14-22-19(15-21-18)23-16-4-6-17(7-5-16)24-8-2-1-3-9-24/h4-7,14-15H,1-3,8-13H2,(H,22,23). The molecule has 2 fully saturated rings. The average molecular weight is 367 g/mol. The van der Waals surface area contributed by atoms with Crippen LogP contribution >= 0.6 is 0 Å². The number of piperidine rings is 1. The molecule has 27 heavy (non-hydrogen) atoms. The third kappa shape index (κ3) is 4.36. The van der Waals surface area contributed by atoms with Gasteiger partial charge in [-0.15, -0.1) is 0 Å². The van der Waals surface area contributed by atoms with Crippen LogP contribution in [0, 0.1) is 0 Å². The Morgan fingerprint density at radius 1 is 0.926 bits per heavy atom. The third-order valence-electron chi connectivity index (χ3n) is 5.03. The molecule has 1 amide bonds. The summed E-state index contributed by atoms with van der Waals surface area (Å²) >= 11 is 0. The molecule has 3 heterocycles. The van der Waals surface area contributed by atoms with Gasteiger partial charge in [-0.25, -0.2) is 9.97 Å². The zero-order valence-corrected chi connectivity index (χ0v) is 15.4. The number of morpholine rings is 1. The van der Waals surface area contributed by atoms with Gasteiger partial charge in [0, 0.05) is 37.6 Å². The van der Waals surface area contributed by atoms with Crippen molar-refractivity contribution in [1.29, 1.82) is 0 Å². The van der Waals surface area contributed by atoms with E-state index in [1.54, 1.807) is 11.1 Å². The predicted octanol–water partition coefficient (Wildman–Crippen LogP) is 2.68. The molecule has 142 valence electrons. The van der Waals surface area contributed by atoms with Crippen molar-refractivity contribution in [3.8, 4) is 0 Å². The Morgan fingerprint density at radius 3 is 2.33 bits per heavy atom. The lowest BCUT2D eigenvalue weighted by molar-refractivity contribution is 0.0298. The Hall–Kier alpha value is -2.67. The molecule has 0 atom stereocenters. The fourth-order valence-electron chi connectivity index (χ4n) is 3.49. The zero-order valence-electron chi connectivity index (χ0n) is 15.4. The van der Waals surface area contributed by atoms with Crippen LogP contribution in [0.25, 0.3) is 0 Å². The molecule has 1 aromatic heterocycles. The second kappa shape index (κ2) is 8.35. The number of benzene rings is 1. The average Bonchev–Trinajstić information content (AvgIpc) is 2.76. The number of hydrogen-bond acceptors (Lipinski definition) is 6. The molecule has 2 saturated heterocycles. The van der Waals surface area contributed by atoms with E-state index in [0.717, 1.165) is 18.8 Å². The van der Waals surface area contributed by atoms with Crippen LogP contribution in [-0.2, 0) is 4.74 Å². The Kier molecular flexibility index (Phi) is 5.48. The molecule has 2 aromatic rings. The number of anilines is 3. The molecule has 0 aliphatic carbocycles. The first-order valence-electron chi connectivity index (χ1n) is 9.61. The Balaban J connectivity index is 1.37. The van der Waals surface area contributed by atoms with Gasteiger partial charge >= 0.3 is 0 Å². The predicted molar refractivity (Wildman–Crippen MR) is 105 cm³/mol. The van der Waals surface area contributed by atoms with Crippen molar-refractivity contribution in [2.45, 2.75) is 19.3 Å². The van der Waals surface area contributed by atoms with Gasteiger partial charge in [-0.05, 0) is 43.5 Å². The van der Waals surface area contributed by atoms with Crippen molar-refractivity contribution >= 4 is 23.1 Å². The van der Waals surface area contributed by atoms with Crippen LogP contribution in [0.1, 0.15) is 29.8 Å². The maximum absolute atomic E-state index is 12.4. The first kappa shape index (κ1) is 17.7. The number of rotatable bonds is 4. The van der Waals surface area contributed by atoms with Crippen LogP contribution in [0.4, 0.5) is 17.2 Å². The lowest BCUT2D eigenvalue weighted by Crippen LogP contribution is -2.41. The number of aromatic nitrogens is 2. The highest BCUT2D eigenvalue weighted by molar-refractivity contribution is 5.92. The number of hydrogen-bond donors (Lipinski definition) is 1. The van der Waals surface area contributed by atoms with E-state index in [4.69, 9.17) is 4.74 Å². The van der Waals surface area contributed by atoms with Gasteiger partial charge in [-0.2, -0.15) is 0 Å². The third-order valence-corrected chi connectivity index (χ3v) is 5.03. The molecule has 0 radical (unpaired) electrons. The quantitative estimate of drug-likeness (QED) is 0.896. The maximum Gasteiger partial charge on any atom is 0.274 e. The van der Waals surface area contributed by atoms with E-state index in [2.05, 4.69) is 44.5 Å². The molecule has 1 N–H and O–H groups in total. The summed E-state index contributed by atoms with van der Waals surface area (Å²) in [6.45, 7) is 4.62. The van der Waals surface area contributed by atoms with Gasteiger partial charge < -0.3 is 19.9 Å². The molecule has 4 rings (SSSR count). The van der Waals surface area contributed by atoms with Gasteiger partial charge in [0.15, 0.2) is 0 Å². The SMILES string of the molecule is O=C(c1cnc(Nc2ccc(N3CCCCC3)cc2)cn1)N1CCOCC1.